The number of anilines is 3. The van der Waals surface area contributed by atoms with Gasteiger partial charge >= 0.3 is 0 Å². The summed E-state index contributed by atoms with van der Waals surface area (Å²) in [6.45, 7) is 0. The SMILES string of the molecule is O=C(Nc1cccc(NC(=O)C2CC2)c1)c1cc2ccccc2cc1NC(=O)C1CC1. The number of nitrogens with one attached hydrogen (secondary N) is 3. The number of carbonyl (C=O) groups excluding carboxylic acids is 3. The van der Waals surface area contributed by atoms with Crippen molar-refractivity contribution in [3.63, 3.8) is 0 Å². The molecule has 0 aromatic heterocycles. The van der Waals surface area contributed by atoms with Crippen LogP contribution in [0, 0.1) is 11.8 Å². The molecule has 6 heteroatoms. The molecule has 2 aliphatic carbocycles. The van der Waals surface area contributed by atoms with Gasteiger partial charge in [-0.1, -0.05) is 30.3 Å². The molecule has 0 aliphatic heterocycles. The molecule has 2 fully saturated rings. The largest absolute Gasteiger partial charge is 0.326 e. The Morgan fingerprint density at radius 3 is 1.87 bits per heavy atom. The van der Waals surface area contributed by atoms with Crippen molar-refractivity contribution in [2.24, 2.45) is 11.8 Å². The Morgan fingerprint density at radius 1 is 0.645 bits per heavy atom. The molecule has 31 heavy (non-hydrogen) atoms. The quantitative estimate of drug-likeness (QED) is 0.543. The fourth-order valence-electron chi connectivity index (χ4n) is 3.57. The molecule has 2 aliphatic rings. The van der Waals surface area contributed by atoms with E-state index in [-0.39, 0.29) is 29.6 Å². The van der Waals surface area contributed by atoms with Gasteiger partial charge < -0.3 is 16.0 Å². The molecule has 0 saturated heterocycles. The summed E-state index contributed by atoms with van der Waals surface area (Å²) in [4.78, 5) is 37.5. The Morgan fingerprint density at radius 2 is 1.23 bits per heavy atom. The zero-order chi connectivity index (χ0) is 21.4. The molecule has 0 heterocycles. The van der Waals surface area contributed by atoms with Crippen molar-refractivity contribution in [2.45, 2.75) is 25.7 Å². The molecule has 0 unspecified atom stereocenters. The fourth-order valence-corrected chi connectivity index (χ4v) is 3.57. The molecule has 5 rings (SSSR count). The Kier molecular flexibility index (Phi) is 4.90. The second kappa shape index (κ2) is 7.87. The van der Waals surface area contributed by atoms with Crippen LogP contribution in [0.1, 0.15) is 36.0 Å². The second-order valence-electron chi connectivity index (χ2n) is 8.31. The summed E-state index contributed by atoms with van der Waals surface area (Å²) in [5.41, 5.74) is 2.13. The van der Waals surface area contributed by atoms with E-state index in [1.54, 1.807) is 30.3 Å². The van der Waals surface area contributed by atoms with Crippen LogP contribution in [0.3, 0.4) is 0 Å². The first-order chi connectivity index (χ1) is 15.1. The van der Waals surface area contributed by atoms with Crippen LogP contribution in [0.2, 0.25) is 0 Å². The number of carbonyl (C=O) groups is 3. The zero-order valence-corrected chi connectivity index (χ0v) is 17.0. The lowest BCUT2D eigenvalue weighted by Crippen LogP contribution is -2.19. The van der Waals surface area contributed by atoms with Gasteiger partial charge in [-0.25, -0.2) is 0 Å². The third kappa shape index (κ3) is 4.43. The van der Waals surface area contributed by atoms with E-state index in [1.165, 1.54) is 0 Å². The Hall–Kier alpha value is -3.67. The highest BCUT2D eigenvalue weighted by molar-refractivity contribution is 6.13. The van der Waals surface area contributed by atoms with Crippen molar-refractivity contribution in [1.29, 1.82) is 0 Å². The third-order valence-corrected chi connectivity index (χ3v) is 5.67. The maximum absolute atomic E-state index is 13.1. The molecule has 3 aromatic carbocycles. The van der Waals surface area contributed by atoms with E-state index in [0.717, 1.165) is 36.5 Å². The number of hydrogen-bond acceptors (Lipinski definition) is 3. The lowest BCUT2D eigenvalue weighted by molar-refractivity contribution is -0.118. The van der Waals surface area contributed by atoms with Crippen molar-refractivity contribution < 1.29 is 14.4 Å². The first-order valence-electron chi connectivity index (χ1n) is 10.6. The maximum atomic E-state index is 13.1. The van der Waals surface area contributed by atoms with Crippen LogP contribution in [0.4, 0.5) is 17.1 Å². The summed E-state index contributed by atoms with van der Waals surface area (Å²) in [5.74, 6) is -0.206. The highest BCUT2D eigenvalue weighted by Crippen LogP contribution is 2.33. The molecule has 3 aromatic rings. The van der Waals surface area contributed by atoms with E-state index in [0.29, 0.717) is 22.6 Å². The van der Waals surface area contributed by atoms with Crippen molar-refractivity contribution in [3.8, 4) is 0 Å². The minimum atomic E-state index is -0.317. The van der Waals surface area contributed by atoms with Gasteiger partial charge in [0.05, 0.1) is 11.3 Å². The van der Waals surface area contributed by atoms with Crippen molar-refractivity contribution in [2.75, 3.05) is 16.0 Å². The number of benzene rings is 3. The Bertz CT molecular complexity index is 1200. The second-order valence-corrected chi connectivity index (χ2v) is 8.31. The average molecular weight is 413 g/mol. The molecule has 6 nitrogen and oxygen atoms in total. The fraction of sp³-hybridized carbons (Fsp3) is 0.240. The van der Waals surface area contributed by atoms with Crippen molar-refractivity contribution >= 4 is 45.6 Å². The summed E-state index contributed by atoms with van der Waals surface area (Å²) in [7, 11) is 0. The summed E-state index contributed by atoms with van der Waals surface area (Å²) >= 11 is 0. The predicted octanol–water partition coefficient (Wildman–Crippen LogP) is 4.79. The summed E-state index contributed by atoms with van der Waals surface area (Å²) in [6, 6.07) is 18.5. The van der Waals surface area contributed by atoms with E-state index in [2.05, 4.69) is 16.0 Å². The van der Waals surface area contributed by atoms with E-state index >= 15 is 0 Å². The van der Waals surface area contributed by atoms with Crippen LogP contribution in [-0.2, 0) is 9.59 Å². The van der Waals surface area contributed by atoms with Crippen LogP contribution < -0.4 is 16.0 Å². The molecule has 0 radical (unpaired) electrons. The van der Waals surface area contributed by atoms with Crippen LogP contribution >= 0.6 is 0 Å². The van der Waals surface area contributed by atoms with E-state index in [1.807, 2.05) is 30.3 Å². The maximum Gasteiger partial charge on any atom is 0.257 e. The number of fused-ring (bicyclic) bond motifs is 1. The Balaban J connectivity index is 1.40. The minimum Gasteiger partial charge on any atom is -0.326 e. The normalized spacial score (nSPS) is 15.4. The summed E-state index contributed by atoms with van der Waals surface area (Å²) in [6.07, 6.45) is 3.64. The monoisotopic (exact) mass is 413 g/mol. The van der Waals surface area contributed by atoms with Gasteiger partial charge in [0.25, 0.3) is 5.91 Å². The van der Waals surface area contributed by atoms with Crippen LogP contribution in [0.15, 0.2) is 60.7 Å². The molecular formula is C25H23N3O3. The average Bonchev–Trinajstić information content (AvgIpc) is 3.65. The topological polar surface area (TPSA) is 87.3 Å². The first-order valence-corrected chi connectivity index (χ1v) is 10.6. The van der Waals surface area contributed by atoms with Gasteiger partial charge in [-0.3, -0.25) is 14.4 Å². The van der Waals surface area contributed by atoms with Gasteiger partial charge in [0.15, 0.2) is 0 Å². The van der Waals surface area contributed by atoms with Gasteiger partial charge in [-0.15, -0.1) is 0 Å². The molecule has 0 bridgehead atoms. The lowest BCUT2D eigenvalue weighted by Gasteiger charge is -2.14. The lowest BCUT2D eigenvalue weighted by atomic mass is 10.0. The number of amides is 3. The molecule has 0 atom stereocenters. The van der Waals surface area contributed by atoms with Crippen molar-refractivity contribution in [3.05, 3.63) is 66.2 Å². The van der Waals surface area contributed by atoms with E-state index in [9.17, 15) is 14.4 Å². The van der Waals surface area contributed by atoms with Crippen LogP contribution in [-0.4, -0.2) is 17.7 Å². The Labute approximate surface area is 180 Å². The van der Waals surface area contributed by atoms with E-state index < -0.39 is 0 Å². The molecule has 3 N–H and O–H groups in total. The summed E-state index contributed by atoms with van der Waals surface area (Å²) in [5, 5.41) is 10.6. The molecular weight excluding hydrogens is 390 g/mol. The van der Waals surface area contributed by atoms with Gasteiger partial charge in [-0.2, -0.15) is 0 Å². The van der Waals surface area contributed by atoms with Crippen LogP contribution in [0.5, 0.6) is 0 Å². The molecule has 0 spiro atoms. The number of hydrogen-bond donors (Lipinski definition) is 3. The van der Waals surface area contributed by atoms with Gasteiger partial charge in [0.1, 0.15) is 0 Å². The van der Waals surface area contributed by atoms with E-state index in [4.69, 9.17) is 0 Å². The van der Waals surface area contributed by atoms with Crippen molar-refractivity contribution in [1.82, 2.24) is 0 Å². The van der Waals surface area contributed by atoms with Gasteiger partial charge in [0.2, 0.25) is 11.8 Å². The minimum absolute atomic E-state index is 0.0167. The number of rotatable bonds is 6. The van der Waals surface area contributed by atoms with Gasteiger partial charge in [0, 0.05) is 23.2 Å². The van der Waals surface area contributed by atoms with Crippen LogP contribution in [0.25, 0.3) is 10.8 Å². The highest BCUT2D eigenvalue weighted by Gasteiger charge is 2.31. The van der Waals surface area contributed by atoms with Gasteiger partial charge in [-0.05, 0) is 66.8 Å². The zero-order valence-electron chi connectivity index (χ0n) is 17.0. The highest BCUT2D eigenvalue weighted by atomic mass is 16.2. The third-order valence-electron chi connectivity index (χ3n) is 5.67. The molecule has 2 saturated carbocycles. The molecule has 3 amide bonds. The first kappa shape index (κ1) is 19.3. The predicted molar refractivity (Wildman–Crippen MR) is 121 cm³/mol. The summed E-state index contributed by atoms with van der Waals surface area (Å²) < 4.78 is 0. The molecule has 156 valence electrons. The smallest absolute Gasteiger partial charge is 0.257 e. The standard InChI is InChI=1S/C25H23N3O3/c29-23(15-8-9-15)26-19-6-3-7-20(14-19)27-25(31)21-12-17-4-1-2-5-18(17)13-22(21)28-24(30)16-10-11-16/h1-7,12-16H,8-11H2,(H,26,29)(H,27,31)(H,28,30).